The van der Waals surface area contributed by atoms with E-state index in [-0.39, 0.29) is 0 Å². The quantitative estimate of drug-likeness (QED) is 0.291. The van der Waals surface area contributed by atoms with Crippen LogP contribution in [0.15, 0.2) is 11.6 Å². The van der Waals surface area contributed by atoms with E-state index in [0.717, 1.165) is 40.3 Å². The average molecular weight is 450 g/mol. The van der Waals surface area contributed by atoms with E-state index in [9.17, 15) is 0 Å². The highest BCUT2D eigenvalue weighted by molar-refractivity contribution is 9.09. The van der Waals surface area contributed by atoms with Crippen molar-refractivity contribution in [1.29, 1.82) is 0 Å². The lowest BCUT2D eigenvalue weighted by Gasteiger charge is -2.58. The molecule has 0 heterocycles. The van der Waals surface area contributed by atoms with Gasteiger partial charge in [-0.2, -0.15) is 0 Å². The van der Waals surface area contributed by atoms with E-state index < -0.39 is 0 Å². The van der Waals surface area contributed by atoms with Crippen LogP contribution in [0.3, 0.4) is 0 Å². The van der Waals surface area contributed by atoms with Crippen LogP contribution in [-0.2, 0) is 0 Å². The van der Waals surface area contributed by atoms with Crippen molar-refractivity contribution in [1.82, 2.24) is 0 Å². The van der Waals surface area contributed by atoms with Gasteiger partial charge in [0.1, 0.15) is 0 Å². The van der Waals surface area contributed by atoms with Gasteiger partial charge in [-0.15, -0.1) is 0 Å². The molecule has 4 aliphatic carbocycles. The van der Waals surface area contributed by atoms with Crippen molar-refractivity contribution in [3.63, 3.8) is 0 Å². The van der Waals surface area contributed by atoms with Crippen LogP contribution in [0.1, 0.15) is 105 Å². The Bertz CT molecular complexity index is 591. The van der Waals surface area contributed by atoms with E-state index in [2.05, 4.69) is 56.6 Å². The minimum Gasteiger partial charge on any atom is -0.0887 e. The van der Waals surface area contributed by atoms with E-state index in [1.807, 2.05) is 5.57 Å². The Balaban J connectivity index is 1.49. The first-order valence-electron chi connectivity index (χ1n) is 12.6. The number of fused-ring (bicyclic) bond motifs is 5. The molecular formula is C27H45Br. The van der Waals surface area contributed by atoms with Gasteiger partial charge in [0.15, 0.2) is 0 Å². The summed E-state index contributed by atoms with van der Waals surface area (Å²) < 4.78 is 0. The van der Waals surface area contributed by atoms with Crippen molar-refractivity contribution in [2.24, 2.45) is 46.3 Å². The molecule has 8 atom stereocenters. The predicted molar refractivity (Wildman–Crippen MR) is 126 cm³/mol. The van der Waals surface area contributed by atoms with Gasteiger partial charge in [0.25, 0.3) is 0 Å². The summed E-state index contributed by atoms with van der Waals surface area (Å²) in [6.45, 7) is 12.7. The van der Waals surface area contributed by atoms with Gasteiger partial charge in [-0.1, -0.05) is 81.5 Å². The molecule has 0 spiro atoms. The van der Waals surface area contributed by atoms with Gasteiger partial charge in [0.05, 0.1) is 0 Å². The van der Waals surface area contributed by atoms with Crippen LogP contribution >= 0.6 is 15.9 Å². The topological polar surface area (TPSA) is 0 Å². The number of hydrogen-bond donors (Lipinski definition) is 0. The maximum absolute atomic E-state index is 3.93. The zero-order valence-corrected chi connectivity index (χ0v) is 20.9. The number of allylic oxidation sites excluding steroid dienone is 2. The van der Waals surface area contributed by atoms with Crippen molar-refractivity contribution < 1.29 is 0 Å². The SMILES string of the molecule is CC(C)CCC[C@H](C)[C@H]1CC[C@H]2[C@@H]3CC=C4C[C@H](Br)CC[C@]4(C)[C@H]3CC[C@]12C. The van der Waals surface area contributed by atoms with Crippen molar-refractivity contribution in [2.75, 3.05) is 0 Å². The highest BCUT2D eigenvalue weighted by Crippen LogP contribution is 2.67. The van der Waals surface area contributed by atoms with Crippen LogP contribution in [0, 0.1) is 46.3 Å². The fourth-order valence-corrected chi connectivity index (χ4v) is 9.22. The molecule has 0 aromatic rings. The molecule has 0 aromatic carbocycles. The molecule has 0 aliphatic heterocycles. The van der Waals surface area contributed by atoms with E-state index >= 15 is 0 Å². The van der Waals surface area contributed by atoms with Crippen LogP contribution in [0.4, 0.5) is 0 Å². The Hall–Kier alpha value is 0.220. The van der Waals surface area contributed by atoms with Crippen LogP contribution in [-0.4, -0.2) is 4.83 Å². The van der Waals surface area contributed by atoms with E-state index in [4.69, 9.17) is 0 Å². The second-order valence-electron chi connectivity index (χ2n) is 12.1. The molecule has 3 saturated carbocycles. The molecule has 0 N–H and O–H groups in total. The Morgan fingerprint density at radius 2 is 1.79 bits per heavy atom. The molecule has 160 valence electrons. The van der Waals surface area contributed by atoms with Gasteiger partial charge in [0.2, 0.25) is 0 Å². The zero-order valence-electron chi connectivity index (χ0n) is 19.3. The summed E-state index contributed by atoms with van der Waals surface area (Å²) >= 11 is 3.93. The van der Waals surface area contributed by atoms with Crippen molar-refractivity contribution in [2.45, 2.75) is 110 Å². The standard InChI is InChI=1S/C27H45Br/c1-18(2)7-6-8-19(3)23-11-12-24-22-10-9-20-17-21(28)13-15-26(20,4)25(22)14-16-27(23,24)5/h9,18-19,21-25H,6-8,10-17H2,1-5H3/t19-,21+,22-,23+,24-,25-,26-,27+/m0/s1. The third kappa shape index (κ3) is 3.58. The molecule has 0 unspecified atom stereocenters. The number of alkyl halides is 1. The van der Waals surface area contributed by atoms with Crippen LogP contribution in [0.2, 0.25) is 0 Å². The summed E-state index contributed by atoms with van der Waals surface area (Å²) in [5, 5.41) is 0. The lowest BCUT2D eigenvalue weighted by atomic mass is 9.47. The number of halogens is 1. The van der Waals surface area contributed by atoms with E-state index in [0.29, 0.717) is 10.8 Å². The van der Waals surface area contributed by atoms with E-state index in [1.165, 1.54) is 70.6 Å². The van der Waals surface area contributed by atoms with Gasteiger partial charge < -0.3 is 0 Å². The normalized spacial score (nSPS) is 46.5. The van der Waals surface area contributed by atoms with E-state index in [1.54, 1.807) is 0 Å². The van der Waals surface area contributed by atoms with Gasteiger partial charge in [-0.25, -0.2) is 0 Å². The summed E-state index contributed by atoms with van der Waals surface area (Å²) in [4.78, 5) is 0.736. The third-order valence-corrected chi connectivity index (χ3v) is 11.0. The lowest BCUT2D eigenvalue weighted by Crippen LogP contribution is -2.50. The zero-order chi connectivity index (χ0) is 20.1. The molecule has 0 nitrogen and oxygen atoms in total. The molecule has 4 aliphatic rings. The molecule has 0 bridgehead atoms. The highest BCUT2D eigenvalue weighted by Gasteiger charge is 2.58. The molecule has 0 radical (unpaired) electrons. The predicted octanol–water partition coefficient (Wildman–Crippen LogP) is 8.79. The molecule has 0 saturated heterocycles. The Morgan fingerprint density at radius 1 is 1.00 bits per heavy atom. The first-order valence-corrected chi connectivity index (χ1v) is 13.5. The molecular weight excluding hydrogens is 404 g/mol. The van der Waals surface area contributed by atoms with Crippen molar-refractivity contribution >= 4 is 15.9 Å². The second kappa shape index (κ2) is 8.05. The van der Waals surface area contributed by atoms with Crippen LogP contribution in [0.5, 0.6) is 0 Å². The average Bonchev–Trinajstić information content (AvgIpc) is 2.99. The minimum atomic E-state index is 0.523. The maximum atomic E-state index is 3.93. The fourth-order valence-electron chi connectivity index (χ4n) is 8.64. The molecule has 28 heavy (non-hydrogen) atoms. The molecule has 4 rings (SSSR count). The Kier molecular flexibility index (Phi) is 6.17. The summed E-state index contributed by atoms with van der Waals surface area (Å²) in [6.07, 6.45) is 18.6. The first kappa shape index (κ1) is 21.5. The molecule has 1 heteroatoms. The number of rotatable bonds is 5. The largest absolute Gasteiger partial charge is 0.0887 e. The molecule has 0 amide bonds. The monoisotopic (exact) mass is 448 g/mol. The molecule has 0 aromatic heterocycles. The summed E-state index contributed by atoms with van der Waals surface area (Å²) in [6, 6.07) is 0. The third-order valence-electron chi connectivity index (χ3n) is 10.2. The first-order chi connectivity index (χ1) is 13.3. The maximum Gasteiger partial charge on any atom is 0.0183 e. The highest BCUT2D eigenvalue weighted by atomic mass is 79.9. The van der Waals surface area contributed by atoms with Crippen molar-refractivity contribution in [3.8, 4) is 0 Å². The summed E-state index contributed by atoms with van der Waals surface area (Å²) in [7, 11) is 0. The Morgan fingerprint density at radius 3 is 2.54 bits per heavy atom. The Labute approximate surface area is 183 Å². The molecule has 3 fully saturated rings. The summed E-state index contributed by atoms with van der Waals surface area (Å²) in [5.74, 6) is 5.74. The van der Waals surface area contributed by atoms with Crippen LogP contribution in [0.25, 0.3) is 0 Å². The summed E-state index contributed by atoms with van der Waals surface area (Å²) in [5.41, 5.74) is 2.98. The van der Waals surface area contributed by atoms with Gasteiger partial charge in [0, 0.05) is 4.83 Å². The van der Waals surface area contributed by atoms with Crippen LogP contribution < -0.4 is 0 Å². The minimum absolute atomic E-state index is 0.523. The number of hydrogen-bond acceptors (Lipinski definition) is 0. The fraction of sp³-hybridized carbons (Fsp3) is 0.926. The lowest BCUT2D eigenvalue weighted by molar-refractivity contribution is -0.0496. The van der Waals surface area contributed by atoms with Gasteiger partial charge in [-0.3, -0.25) is 0 Å². The van der Waals surface area contributed by atoms with Gasteiger partial charge >= 0.3 is 0 Å². The van der Waals surface area contributed by atoms with Gasteiger partial charge in [-0.05, 0) is 97.7 Å². The van der Waals surface area contributed by atoms with Crippen molar-refractivity contribution in [3.05, 3.63) is 11.6 Å². The smallest absolute Gasteiger partial charge is 0.0183 e. The second-order valence-corrected chi connectivity index (χ2v) is 13.4.